The van der Waals surface area contributed by atoms with Gasteiger partial charge in [-0.25, -0.2) is 0 Å². The molecule has 1 unspecified atom stereocenters. The summed E-state index contributed by atoms with van der Waals surface area (Å²) in [6.07, 6.45) is 2.34. The van der Waals surface area contributed by atoms with Crippen LogP contribution < -0.4 is 5.32 Å². The van der Waals surface area contributed by atoms with Crippen LogP contribution >= 0.6 is 0 Å². The first-order chi connectivity index (χ1) is 10.8. The van der Waals surface area contributed by atoms with Gasteiger partial charge in [-0.2, -0.15) is 0 Å². The number of nitrogens with one attached hydrogen (secondary N) is 1. The Balaban J connectivity index is 2.41. The number of benzene rings is 2. The zero-order valence-corrected chi connectivity index (χ0v) is 12.2. The molecule has 1 aliphatic carbocycles. The third-order valence-electron chi connectivity index (χ3n) is 4.01. The zero-order chi connectivity index (χ0) is 16.8. The quantitative estimate of drug-likeness (QED) is 0.437. The maximum atomic E-state index is 11.8. The molecule has 3 N–H and O–H groups in total. The van der Waals surface area contributed by atoms with E-state index in [1.54, 1.807) is 18.2 Å². The van der Waals surface area contributed by atoms with E-state index in [1.165, 1.54) is 12.1 Å². The molecular weight excluding hydrogens is 300 g/mol. The van der Waals surface area contributed by atoms with Gasteiger partial charge in [-0.3, -0.25) is 20.2 Å². The second-order valence-corrected chi connectivity index (χ2v) is 5.46. The molecule has 0 saturated heterocycles. The number of nitro groups is 1. The van der Waals surface area contributed by atoms with Gasteiger partial charge in [0.15, 0.2) is 0 Å². The third-order valence-corrected chi connectivity index (χ3v) is 4.01. The fourth-order valence-electron chi connectivity index (χ4n) is 3.00. The van der Waals surface area contributed by atoms with E-state index in [0.717, 1.165) is 18.4 Å². The Morgan fingerprint density at radius 2 is 1.91 bits per heavy atom. The van der Waals surface area contributed by atoms with Crippen LogP contribution in [-0.4, -0.2) is 26.8 Å². The van der Waals surface area contributed by atoms with Crippen molar-refractivity contribution >= 4 is 22.8 Å². The maximum absolute atomic E-state index is 11.8. The van der Waals surface area contributed by atoms with Crippen molar-refractivity contribution < 1.29 is 19.9 Å². The Morgan fingerprint density at radius 3 is 2.57 bits per heavy atom. The van der Waals surface area contributed by atoms with Gasteiger partial charge in [0.25, 0.3) is 5.79 Å². The van der Waals surface area contributed by atoms with Gasteiger partial charge in [0.1, 0.15) is 0 Å². The molecule has 0 bridgehead atoms. The van der Waals surface area contributed by atoms with Crippen molar-refractivity contribution in [1.29, 1.82) is 0 Å². The predicted octanol–water partition coefficient (Wildman–Crippen LogP) is 1.11. The Morgan fingerprint density at radius 1 is 1.22 bits per heavy atom. The lowest BCUT2D eigenvalue weighted by atomic mass is 9.80. The van der Waals surface area contributed by atoms with E-state index in [-0.39, 0.29) is 5.56 Å². The summed E-state index contributed by atoms with van der Waals surface area (Å²) < 4.78 is 0. The highest BCUT2D eigenvalue weighted by molar-refractivity contribution is 5.93. The van der Waals surface area contributed by atoms with Crippen LogP contribution in [0.1, 0.15) is 18.1 Å². The summed E-state index contributed by atoms with van der Waals surface area (Å²) >= 11 is 0. The average molecular weight is 314 g/mol. The molecule has 1 aliphatic rings. The number of carbonyl (C=O) groups excluding carboxylic acids is 1. The van der Waals surface area contributed by atoms with Gasteiger partial charge in [0.05, 0.1) is 10.5 Å². The summed E-state index contributed by atoms with van der Waals surface area (Å²) in [5.74, 6) is -3.61. The Hall–Kier alpha value is -2.77. The van der Waals surface area contributed by atoms with Crippen LogP contribution in [0.4, 0.5) is 0 Å². The summed E-state index contributed by atoms with van der Waals surface area (Å²) in [6, 6.07) is 10.3. The molecule has 118 valence electrons. The number of nitrogens with zero attached hydrogens (tertiary/aromatic N) is 1. The van der Waals surface area contributed by atoms with Crippen molar-refractivity contribution in [3.05, 3.63) is 63.7 Å². The molecule has 0 fully saturated rings. The van der Waals surface area contributed by atoms with Crippen molar-refractivity contribution in [1.82, 2.24) is 5.32 Å². The Labute approximate surface area is 131 Å². The molecule has 2 aromatic carbocycles. The van der Waals surface area contributed by atoms with Crippen LogP contribution in [0.5, 0.6) is 0 Å². The first-order valence-corrected chi connectivity index (χ1v) is 6.89. The van der Waals surface area contributed by atoms with Gasteiger partial charge in [0.2, 0.25) is 5.91 Å². The topological polar surface area (TPSA) is 113 Å². The minimum Gasteiger partial charge on any atom is -0.355 e. The van der Waals surface area contributed by atoms with Crippen LogP contribution in [0.2, 0.25) is 0 Å². The molecule has 0 saturated carbocycles. The van der Waals surface area contributed by atoms with E-state index in [9.17, 15) is 25.1 Å². The summed E-state index contributed by atoms with van der Waals surface area (Å²) in [7, 11) is 0. The second kappa shape index (κ2) is 4.87. The SMILES string of the molecule is CC(=O)NC1([N+](=O)[O-])c2ccc3ccccc3c2C=CC1(O)O. The molecule has 0 aliphatic heterocycles. The molecule has 3 rings (SSSR count). The molecule has 1 atom stereocenters. The lowest BCUT2D eigenvalue weighted by Crippen LogP contribution is -2.66. The molecule has 1 amide bonds. The minimum atomic E-state index is -2.86. The largest absolute Gasteiger partial charge is 0.379 e. The van der Waals surface area contributed by atoms with E-state index >= 15 is 0 Å². The van der Waals surface area contributed by atoms with Crippen molar-refractivity contribution in [3.8, 4) is 0 Å². The Kier molecular flexibility index (Phi) is 3.20. The molecule has 0 radical (unpaired) electrons. The average Bonchev–Trinajstić information content (AvgIpc) is 2.48. The highest BCUT2D eigenvalue weighted by Gasteiger charge is 2.64. The third kappa shape index (κ3) is 2.01. The van der Waals surface area contributed by atoms with Gasteiger partial charge >= 0.3 is 5.66 Å². The van der Waals surface area contributed by atoms with Crippen LogP contribution in [0.3, 0.4) is 0 Å². The molecule has 7 heteroatoms. The van der Waals surface area contributed by atoms with Gasteiger partial charge in [-0.1, -0.05) is 36.4 Å². The zero-order valence-electron chi connectivity index (χ0n) is 12.2. The normalized spacial score (nSPS) is 21.7. The molecule has 23 heavy (non-hydrogen) atoms. The predicted molar refractivity (Wildman–Crippen MR) is 82.6 cm³/mol. The smallest absolute Gasteiger partial charge is 0.355 e. The van der Waals surface area contributed by atoms with Gasteiger partial charge in [-0.05, 0) is 28.5 Å². The van der Waals surface area contributed by atoms with Gasteiger partial charge < -0.3 is 10.2 Å². The first-order valence-electron chi connectivity index (χ1n) is 6.89. The lowest BCUT2D eigenvalue weighted by molar-refractivity contribution is -0.623. The van der Waals surface area contributed by atoms with E-state index in [0.29, 0.717) is 10.9 Å². The number of fused-ring (bicyclic) bond motifs is 3. The van der Waals surface area contributed by atoms with E-state index in [2.05, 4.69) is 5.32 Å². The van der Waals surface area contributed by atoms with Crippen LogP contribution in [0.25, 0.3) is 16.8 Å². The molecule has 2 aromatic rings. The monoisotopic (exact) mass is 314 g/mol. The fourth-order valence-corrected chi connectivity index (χ4v) is 3.00. The van der Waals surface area contributed by atoms with Gasteiger partial charge in [-0.15, -0.1) is 0 Å². The number of rotatable bonds is 2. The molecule has 0 aromatic heterocycles. The van der Waals surface area contributed by atoms with E-state index in [4.69, 9.17) is 0 Å². The highest BCUT2D eigenvalue weighted by Crippen LogP contribution is 2.42. The van der Waals surface area contributed by atoms with E-state index < -0.39 is 22.3 Å². The van der Waals surface area contributed by atoms with Crippen molar-refractivity contribution in [2.75, 3.05) is 0 Å². The minimum absolute atomic E-state index is 0.0175. The van der Waals surface area contributed by atoms with E-state index in [1.807, 2.05) is 12.1 Å². The number of aliphatic hydroxyl groups is 2. The van der Waals surface area contributed by atoms with Crippen molar-refractivity contribution in [2.45, 2.75) is 18.4 Å². The second-order valence-electron chi connectivity index (χ2n) is 5.46. The van der Waals surface area contributed by atoms with Gasteiger partial charge in [0, 0.05) is 6.92 Å². The number of hydrogen-bond donors (Lipinski definition) is 3. The summed E-state index contributed by atoms with van der Waals surface area (Å²) in [6.45, 7) is 1.08. The molecule has 7 nitrogen and oxygen atoms in total. The molecular formula is C16H14N2O5. The van der Waals surface area contributed by atoms with Crippen molar-refractivity contribution in [2.24, 2.45) is 0 Å². The standard InChI is InChI=1S/C16H14N2O5/c1-10(19)17-16(18(22)23)14-7-6-11-4-2-3-5-12(11)13(14)8-9-15(16,20)21/h2-9,20-21H,1H3,(H,17,19). The number of carbonyl (C=O) groups is 1. The molecule has 0 spiro atoms. The summed E-state index contributed by atoms with van der Waals surface area (Å²) in [5, 5.41) is 35.9. The van der Waals surface area contributed by atoms with Crippen LogP contribution in [0.15, 0.2) is 42.5 Å². The Bertz CT molecular complexity index is 859. The number of amides is 1. The lowest BCUT2D eigenvalue weighted by Gasteiger charge is -2.38. The van der Waals surface area contributed by atoms with Crippen LogP contribution in [-0.2, 0) is 10.5 Å². The maximum Gasteiger partial charge on any atom is 0.379 e. The van der Waals surface area contributed by atoms with Crippen LogP contribution in [0, 0.1) is 10.1 Å². The summed E-state index contributed by atoms with van der Waals surface area (Å²) in [4.78, 5) is 22.4. The number of hydrogen-bond acceptors (Lipinski definition) is 5. The first kappa shape index (κ1) is 15.1. The van der Waals surface area contributed by atoms with Crippen molar-refractivity contribution in [3.63, 3.8) is 0 Å². The summed E-state index contributed by atoms with van der Waals surface area (Å²) in [5.41, 5.74) is -2.09. The molecule has 0 heterocycles. The fraction of sp³-hybridized carbons (Fsp3) is 0.188. The highest BCUT2D eigenvalue weighted by atomic mass is 16.6.